The molecule has 2 amide bonds. The first kappa shape index (κ1) is 19.8. The summed E-state index contributed by atoms with van der Waals surface area (Å²) in [6.45, 7) is 1.04. The van der Waals surface area contributed by atoms with Crippen LogP contribution in [-0.2, 0) is 0 Å². The molecule has 156 valence electrons. The average molecular weight is 409 g/mol. The number of aromatic nitrogens is 3. The first-order valence-electron chi connectivity index (χ1n) is 9.73. The minimum atomic E-state index is -0.643. The zero-order valence-electron chi connectivity index (χ0n) is 16.6. The average Bonchev–Trinajstić information content (AvgIpc) is 3.23. The maximum atomic E-state index is 13.1. The highest BCUT2D eigenvalue weighted by Crippen LogP contribution is 2.32. The summed E-state index contributed by atoms with van der Waals surface area (Å²) < 4.78 is 6.51. The Morgan fingerprint density at radius 1 is 1.20 bits per heavy atom. The minimum Gasteiger partial charge on any atom is -0.497 e. The van der Waals surface area contributed by atoms with Crippen molar-refractivity contribution in [2.75, 3.05) is 20.2 Å². The van der Waals surface area contributed by atoms with Crippen LogP contribution in [0.2, 0.25) is 0 Å². The number of methoxy groups -OCH3 is 1. The summed E-state index contributed by atoms with van der Waals surface area (Å²) in [5.74, 6) is -0.0337. The Balaban J connectivity index is 1.46. The topological polar surface area (TPSA) is 123 Å². The molecule has 0 saturated carbocycles. The zero-order valence-corrected chi connectivity index (χ0v) is 16.6. The second-order valence-electron chi connectivity index (χ2n) is 7.34. The van der Waals surface area contributed by atoms with Crippen LogP contribution in [0.3, 0.4) is 0 Å². The molecule has 1 aromatic carbocycles. The molecular weight excluding hydrogens is 386 g/mol. The van der Waals surface area contributed by atoms with Gasteiger partial charge in [0.1, 0.15) is 17.0 Å². The lowest BCUT2D eigenvalue weighted by atomic mass is 9.87. The van der Waals surface area contributed by atoms with Crippen LogP contribution in [0, 0.1) is 5.92 Å². The number of nitrogens with two attached hydrogens (primary N) is 1. The third kappa shape index (κ3) is 3.59. The Labute approximate surface area is 173 Å². The van der Waals surface area contributed by atoms with Crippen molar-refractivity contribution >= 4 is 17.5 Å². The lowest BCUT2D eigenvalue weighted by molar-refractivity contribution is 0.0456. The molecule has 0 radical (unpaired) electrons. The van der Waals surface area contributed by atoms with E-state index in [1.165, 1.54) is 16.9 Å². The normalized spacial score (nSPS) is 15.9. The highest BCUT2D eigenvalue weighted by Gasteiger charge is 2.30. The van der Waals surface area contributed by atoms with E-state index in [1.54, 1.807) is 18.1 Å². The number of hydrogen-bond acceptors (Lipinski definition) is 6. The number of nitrogens with zero attached hydrogens (tertiary/aromatic N) is 4. The minimum absolute atomic E-state index is 0.0612. The number of hydrogen-bond donors (Lipinski definition) is 2. The molecule has 1 saturated heterocycles. The molecule has 3 heterocycles. The van der Waals surface area contributed by atoms with Crippen molar-refractivity contribution in [3.05, 3.63) is 59.5 Å². The van der Waals surface area contributed by atoms with Gasteiger partial charge in [0.25, 0.3) is 11.8 Å². The Hall–Kier alpha value is -3.46. The van der Waals surface area contributed by atoms with E-state index in [9.17, 15) is 14.7 Å². The van der Waals surface area contributed by atoms with E-state index in [0.29, 0.717) is 31.6 Å². The molecule has 9 nitrogen and oxygen atoms in total. The molecule has 2 aromatic heterocycles. The molecule has 3 aromatic rings. The van der Waals surface area contributed by atoms with Gasteiger partial charge in [-0.05, 0) is 42.5 Å². The molecule has 9 heteroatoms. The largest absolute Gasteiger partial charge is 0.497 e. The fraction of sp³-hybridized carbons (Fsp3) is 0.333. The van der Waals surface area contributed by atoms with E-state index in [-0.39, 0.29) is 23.0 Å². The van der Waals surface area contributed by atoms with Gasteiger partial charge in [0.2, 0.25) is 0 Å². The van der Waals surface area contributed by atoms with Crippen LogP contribution in [0.15, 0.2) is 42.7 Å². The number of aliphatic hydroxyl groups is 1. The second kappa shape index (κ2) is 8.11. The highest BCUT2D eigenvalue weighted by atomic mass is 16.5. The molecule has 30 heavy (non-hydrogen) atoms. The predicted octanol–water partition coefficient (Wildman–Crippen LogP) is 1.42. The van der Waals surface area contributed by atoms with Gasteiger partial charge in [0.15, 0.2) is 5.65 Å². The van der Waals surface area contributed by atoms with Crippen molar-refractivity contribution < 1.29 is 19.4 Å². The van der Waals surface area contributed by atoms with Crippen LogP contribution in [-0.4, -0.2) is 56.6 Å². The summed E-state index contributed by atoms with van der Waals surface area (Å²) in [6.07, 6.45) is 3.55. The Bertz CT molecular complexity index is 1070. The van der Waals surface area contributed by atoms with E-state index in [4.69, 9.17) is 10.5 Å². The van der Waals surface area contributed by atoms with E-state index >= 15 is 0 Å². The van der Waals surface area contributed by atoms with Gasteiger partial charge in [-0.15, -0.1) is 0 Å². The summed E-state index contributed by atoms with van der Waals surface area (Å²) in [5, 5.41) is 14.8. The van der Waals surface area contributed by atoms with Gasteiger partial charge in [0, 0.05) is 19.3 Å². The van der Waals surface area contributed by atoms with Crippen molar-refractivity contribution in [2.24, 2.45) is 11.7 Å². The summed E-state index contributed by atoms with van der Waals surface area (Å²) in [7, 11) is 1.60. The summed E-state index contributed by atoms with van der Waals surface area (Å²) >= 11 is 0. The number of carbonyl (C=O) groups excluding carboxylic acids is 2. The number of benzene rings is 1. The van der Waals surface area contributed by atoms with Crippen molar-refractivity contribution in [2.45, 2.75) is 18.9 Å². The third-order valence-electron chi connectivity index (χ3n) is 5.62. The second-order valence-corrected chi connectivity index (χ2v) is 7.34. The summed E-state index contributed by atoms with van der Waals surface area (Å²) in [6, 6.07) is 8.96. The van der Waals surface area contributed by atoms with Crippen LogP contribution in [0.1, 0.15) is 45.4 Å². The van der Waals surface area contributed by atoms with E-state index in [2.05, 4.69) is 10.1 Å². The van der Waals surface area contributed by atoms with E-state index in [1.807, 2.05) is 24.3 Å². The van der Waals surface area contributed by atoms with Gasteiger partial charge in [-0.3, -0.25) is 9.59 Å². The molecular formula is C21H23N5O4. The number of fused-ring (bicyclic) bond motifs is 1. The molecule has 0 bridgehead atoms. The maximum absolute atomic E-state index is 13.1. The van der Waals surface area contributed by atoms with Crippen LogP contribution < -0.4 is 10.5 Å². The van der Waals surface area contributed by atoms with Crippen molar-refractivity contribution in [3.8, 4) is 5.75 Å². The summed E-state index contributed by atoms with van der Waals surface area (Å²) in [4.78, 5) is 30.4. The maximum Gasteiger partial charge on any atom is 0.272 e. The number of ether oxygens (including phenoxy) is 1. The predicted molar refractivity (Wildman–Crippen MR) is 108 cm³/mol. The third-order valence-corrected chi connectivity index (χ3v) is 5.62. The van der Waals surface area contributed by atoms with Gasteiger partial charge in [-0.2, -0.15) is 5.10 Å². The molecule has 1 aliphatic heterocycles. The van der Waals surface area contributed by atoms with Crippen molar-refractivity contribution in [3.63, 3.8) is 0 Å². The number of carbonyl (C=O) groups is 2. The first-order chi connectivity index (χ1) is 14.5. The molecule has 3 N–H and O–H groups in total. The van der Waals surface area contributed by atoms with Crippen LogP contribution in [0.25, 0.3) is 5.65 Å². The fourth-order valence-corrected chi connectivity index (χ4v) is 3.88. The fourth-order valence-electron chi connectivity index (χ4n) is 3.88. The lowest BCUT2D eigenvalue weighted by Crippen LogP contribution is -2.40. The van der Waals surface area contributed by atoms with Crippen molar-refractivity contribution in [1.82, 2.24) is 19.5 Å². The zero-order chi connectivity index (χ0) is 21.3. The van der Waals surface area contributed by atoms with Crippen LogP contribution >= 0.6 is 0 Å². The van der Waals surface area contributed by atoms with Crippen LogP contribution in [0.4, 0.5) is 0 Å². The Kier molecular flexibility index (Phi) is 5.37. The van der Waals surface area contributed by atoms with Gasteiger partial charge >= 0.3 is 0 Å². The van der Waals surface area contributed by atoms with Gasteiger partial charge in [0.05, 0.1) is 19.4 Å². The molecule has 0 aliphatic carbocycles. The molecule has 0 spiro atoms. The Morgan fingerprint density at radius 3 is 2.53 bits per heavy atom. The van der Waals surface area contributed by atoms with E-state index < -0.39 is 12.0 Å². The molecule has 1 atom stereocenters. The number of amides is 2. The molecule has 1 fully saturated rings. The van der Waals surface area contributed by atoms with E-state index in [0.717, 1.165) is 11.3 Å². The Morgan fingerprint density at radius 2 is 1.90 bits per heavy atom. The van der Waals surface area contributed by atoms with Gasteiger partial charge < -0.3 is 20.5 Å². The highest BCUT2D eigenvalue weighted by molar-refractivity contribution is 5.99. The number of rotatable bonds is 5. The molecule has 1 unspecified atom stereocenters. The molecule has 4 rings (SSSR count). The smallest absolute Gasteiger partial charge is 0.272 e. The van der Waals surface area contributed by atoms with Gasteiger partial charge in [-0.25, -0.2) is 9.50 Å². The number of primary amides is 1. The summed E-state index contributed by atoms with van der Waals surface area (Å²) in [5.41, 5.74) is 6.94. The van der Waals surface area contributed by atoms with Gasteiger partial charge in [-0.1, -0.05) is 12.1 Å². The quantitative estimate of drug-likeness (QED) is 0.657. The van der Waals surface area contributed by atoms with Crippen LogP contribution in [0.5, 0.6) is 5.75 Å². The first-order valence-corrected chi connectivity index (χ1v) is 9.73. The SMILES string of the molecule is COc1ccc(C(O)C2CCN(C(=O)c3ccnc4c(C(N)=O)cnn34)CC2)cc1. The number of piperidine rings is 1. The molecule has 1 aliphatic rings. The number of likely N-dealkylation sites (tertiary alicyclic amines) is 1. The monoisotopic (exact) mass is 409 g/mol. The standard InChI is InChI=1S/C21H23N5O4/c1-30-15-4-2-13(3-5-15)18(27)14-7-10-25(11-8-14)21(29)17-6-9-23-20-16(19(22)28)12-24-26(17)20/h2-6,9,12,14,18,27H,7-8,10-11H2,1H3,(H2,22,28). The lowest BCUT2D eigenvalue weighted by Gasteiger charge is -2.34. The van der Waals surface area contributed by atoms with Crippen molar-refractivity contribution in [1.29, 1.82) is 0 Å². The number of aliphatic hydroxyl groups excluding tert-OH is 1.